The molecule has 2 heterocycles. The molecule has 0 radical (unpaired) electrons. The van der Waals surface area contributed by atoms with Gasteiger partial charge in [-0.2, -0.15) is 0 Å². The summed E-state index contributed by atoms with van der Waals surface area (Å²) in [6, 6.07) is 3.54. The highest BCUT2D eigenvalue weighted by Gasteiger charge is 2.32. The second-order valence-corrected chi connectivity index (χ2v) is 16.6. The lowest BCUT2D eigenvalue weighted by Crippen LogP contribution is -2.31. The van der Waals surface area contributed by atoms with Crippen molar-refractivity contribution < 1.29 is 19.2 Å². The summed E-state index contributed by atoms with van der Waals surface area (Å²) in [6.45, 7) is 9.52. The Labute approximate surface area is 343 Å². The van der Waals surface area contributed by atoms with Crippen LogP contribution in [0.1, 0.15) is 219 Å². The van der Waals surface area contributed by atoms with E-state index in [4.69, 9.17) is 4.74 Å². The number of aliphatic imine (C=N–C) groups is 1. The Balaban J connectivity index is 1.48. The molecule has 2 aliphatic rings. The predicted molar refractivity (Wildman–Crippen MR) is 237 cm³/mol. The summed E-state index contributed by atoms with van der Waals surface area (Å²) >= 11 is 0. The van der Waals surface area contributed by atoms with Gasteiger partial charge in [0.2, 0.25) is 5.71 Å². The van der Waals surface area contributed by atoms with Crippen molar-refractivity contribution in [2.45, 2.75) is 213 Å². The van der Waals surface area contributed by atoms with Crippen LogP contribution in [0.4, 0.5) is 0 Å². The number of Topliss-reactive ketones (excluding diaryl/α,β-unsaturated/α-hetero) is 1. The predicted octanol–water partition coefficient (Wildman–Crippen LogP) is 13.2. The van der Waals surface area contributed by atoms with Gasteiger partial charge in [0.15, 0.2) is 5.78 Å². The number of carbonyl (C=O) groups excluding carboxylic acids is 1. The van der Waals surface area contributed by atoms with Gasteiger partial charge in [-0.05, 0) is 37.5 Å². The Bertz CT molecular complexity index is 1330. The Morgan fingerprint density at radius 1 is 0.554 bits per heavy atom. The number of hydrogen-bond acceptors (Lipinski definition) is 5. The topological polar surface area (TPSA) is 77.6 Å². The van der Waals surface area contributed by atoms with Gasteiger partial charge in [0.05, 0.1) is 30.4 Å². The monoisotopic (exact) mass is 772 g/mol. The second-order valence-electron chi connectivity index (χ2n) is 16.6. The van der Waals surface area contributed by atoms with E-state index in [1.54, 1.807) is 12.3 Å². The summed E-state index contributed by atoms with van der Waals surface area (Å²) in [5, 5.41) is 13.3. The fourth-order valence-corrected chi connectivity index (χ4v) is 7.92. The summed E-state index contributed by atoms with van der Waals surface area (Å²) in [7, 11) is 0. The van der Waals surface area contributed by atoms with E-state index < -0.39 is 0 Å². The number of hydrogen-bond donors (Lipinski definition) is 0. The number of pyridine rings is 1. The number of unbranched alkanes of at least 4 members (excludes halogenated alkanes) is 27. The Hall–Kier alpha value is -3.02. The highest BCUT2D eigenvalue weighted by Crippen LogP contribution is 2.36. The first kappa shape index (κ1) is 47.4. The van der Waals surface area contributed by atoms with Crippen molar-refractivity contribution in [2.24, 2.45) is 4.99 Å². The van der Waals surface area contributed by atoms with E-state index in [9.17, 15) is 9.90 Å². The van der Waals surface area contributed by atoms with Gasteiger partial charge in [-0.3, -0.25) is 9.78 Å². The molecule has 0 spiro atoms. The van der Waals surface area contributed by atoms with Crippen molar-refractivity contribution in [2.75, 3.05) is 19.7 Å². The second kappa shape index (κ2) is 31.0. The maximum Gasteiger partial charge on any atom is 0.218 e. The van der Waals surface area contributed by atoms with Crippen molar-refractivity contribution in [3.63, 3.8) is 0 Å². The van der Waals surface area contributed by atoms with Gasteiger partial charge in [0.25, 0.3) is 0 Å². The number of carbonyl (C=O) groups is 1. The van der Waals surface area contributed by atoms with E-state index in [2.05, 4.69) is 41.4 Å². The molecule has 0 bridgehead atoms. The van der Waals surface area contributed by atoms with E-state index in [1.807, 2.05) is 18.4 Å². The number of rotatable bonds is 35. The molecule has 0 amide bonds. The SMILES string of the molecule is CCCCCCCCCCCCOc1ccc(C2=C([O-])/C(=C3/C=CC(=[N+](CCCCCCCCCCCC)CCCCCCCCCCCC)C=N3)C2=O)nc1. The Morgan fingerprint density at radius 2 is 1.00 bits per heavy atom. The molecular weight excluding hydrogens is 691 g/mol. The first-order valence-corrected chi connectivity index (χ1v) is 23.7. The molecule has 0 aromatic carbocycles. The number of dihydropyridines is 1. The minimum Gasteiger partial charge on any atom is -0.871 e. The first-order valence-electron chi connectivity index (χ1n) is 23.7. The number of ether oxygens (including phenoxy) is 1. The molecule has 3 rings (SSSR count). The normalized spacial score (nSPS) is 15.3. The van der Waals surface area contributed by atoms with Gasteiger partial charge < -0.3 is 9.84 Å². The fraction of sp³-hybridized carbons (Fsp3) is 0.720. The summed E-state index contributed by atoms with van der Waals surface area (Å²) < 4.78 is 8.38. The zero-order valence-corrected chi connectivity index (χ0v) is 36.4. The van der Waals surface area contributed by atoms with Gasteiger partial charge in [-0.25, -0.2) is 9.57 Å². The summed E-state index contributed by atoms with van der Waals surface area (Å²) in [4.78, 5) is 22.4. The van der Waals surface area contributed by atoms with Crippen LogP contribution in [0.25, 0.3) is 5.57 Å². The molecule has 1 aromatic rings. The van der Waals surface area contributed by atoms with Crippen LogP contribution < -0.4 is 9.84 Å². The largest absolute Gasteiger partial charge is 0.871 e. The Kier molecular flexibility index (Phi) is 26.2. The van der Waals surface area contributed by atoms with Gasteiger partial charge in [-0.15, -0.1) is 0 Å². The third kappa shape index (κ3) is 18.9. The van der Waals surface area contributed by atoms with Crippen molar-refractivity contribution in [1.82, 2.24) is 4.98 Å². The van der Waals surface area contributed by atoms with Crippen LogP contribution in [0.5, 0.6) is 5.75 Å². The van der Waals surface area contributed by atoms with Crippen LogP contribution in [0.15, 0.2) is 52.5 Å². The lowest BCUT2D eigenvalue weighted by atomic mass is 9.84. The molecule has 56 heavy (non-hydrogen) atoms. The maximum absolute atomic E-state index is 13.3. The molecule has 0 fully saturated rings. The summed E-state index contributed by atoms with van der Waals surface area (Å²) in [5.74, 6) is 0.134. The fourth-order valence-electron chi connectivity index (χ4n) is 7.92. The van der Waals surface area contributed by atoms with Crippen molar-refractivity contribution in [1.29, 1.82) is 0 Å². The van der Waals surface area contributed by atoms with Crippen LogP contribution in [0.3, 0.4) is 0 Å². The van der Waals surface area contributed by atoms with Gasteiger partial charge in [0.1, 0.15) is 18.8 Å². The van der Waals surface area contributed by atoms with Gasteiger partial charge in [-0.1, -0.05) is 187 Å². The van der Waals surface area contributed by atoms with Gasteiger partial charge in [0, 0.05) is 30.1 Å². The third-order valence-corrected chi connectivity index (χ3v) is 11.6. The molecular formula is C50H81N3O3. The average Bonchev–Trinajstić information content (AvgIpc) is 3.21. The minimum absolute atomic E-state index is 0.149. The first-order chi connectivity index (χ1) is 27.6. The minimum atomic E-state index is -0.269. The van der Waals surface area contributed by atoms with Crippen LogP contribution in [0, 0.1) is 0 Å². The molecule has 6 nitrogen and oxygen atoms in total. The standard InChI is InChI=1S/C50H81N3O3/c1-4-7-10-13-16-19-22-25-28-31-38-53(39-32-29-26-23-20-17-14-11-8-5-2)43-34-36-45(51-41-43)47-49(54)48(50(47)55)46-37-35-44(42-52-46)56-40-33-30-27-24-21-18-15-12-9-6-3/h34-37,41-42H,4-33,38-40H2,1-3H3. The molecule has 0 saturated carbocycles. The summed E-state index contributed by atoms with van der Waals surface area (Å²) in [5.41, 5.74) is 2.27. The zero-order chi connectivity index (χ0) is 39.9. The molecule has 1 aromatic heterocycles. The summed E-state index contributed by atoms with van der Waals surface area (Å²) in [6.07, 6.45) is 46.8. The average molecular weight is 772 g/mol. The molecule has 1 aliphatic carbocycles. The van der Waals surface area contributed by atoms with E-state index >= 15 is 0 Å². The molecule has 0 N–H and O–H groups in total. The number of nitrogens with zero attached hydrogens (tertiary/aromatic N) is 3. The Morgan fingerprint density at radius 3 is 1.39 bits per heavy atom. The third-order valence-electron chi connectivity index (χ3n) is 11.6. The highest BCUT2D eigenvalue weighted by atomic mass is 16.5. The zero-order valence-electron chi connectivity index (χ0n) is 36.4. The van der Waals surface area contributed by atoms with Crippen LogP contribution in [-0.4, -0.2) is 47.0 Å². The maximum atomic E-state index is 13.3. The van der Waals surface area contributed by atoms with Crippen LogP contribution in [-0.2, 0) is 4.79 Å². The van der Waals surface area contributed by atoms with Crippen molar-refractivity contribution in [3.8, 4) is 5.75 Å². The molecule has 6 heteroatoms. The van der Waals surface area contributed by atoms with E-state index in [0.717, 1.165) is 25.2 Å². The quantitative estimate of drug-likeness (QED) is 0.0391. The molecule has 1 aliphatic heterocycles. The lowest BCUT2D eigenvalue weighted by Gasteiger charge is -2.31. The number of ketones is 1. The van der Waals surface area contributed by atoms with Crippen LogP contribution >= 0.6 is 0 Å². The van der Waals surface area contributed by atoms with Crippen molar-refractivity contribution in [3.05, 3.63) is 53.2 Å². The van der Waals surface area contributed by atoms with Crippen molar-refractivity contribution >= 4 is 23.3 Å². The van der Waals surface area contributed by atoms with Gasteiger partial charge >= 0.3 is 0 Å². The molecule has 0 saturated heterocycles. The number of aromatic nitrogens is 1. The molecule has 314 valence electrons. The van der Waals surface area contributed by atoms with E-state index in [0.29, 0.717) is 23.7 Å². The molecule has 0 unspecified atom stereocenters. The molecule has 0 atom stereocenters. The van der Waals surface area contributed by atoms with E-state index in [-0.39, 0.29) is 22.7 Å². The highest BCUT2D eigenvalue weighted by molar-refractivity contribution is 6.39. The van der Waals surface area contributed by atoms with E-state index in [1.165, 1.54) is 186 Å². The van der Waals surface area contributed by atoms with Crippen LogP contribution in [0.2, 0.25) is 0 Å². The number of allylic oxidation sites excluding steroid dienone is 4. The lowest BCUT2D eigenvalue weighted by molar-refractivity contribution is -0.526. The smallest absolute Gasteiger partial charge is 0.218 e.